The summed E-state index contributed by atoms with van der Waals surface area (Å²) in [4.78, 5) is 14.4. The summed E-state index contributed by atoms with van der Waals surface area (Å²) in [6, 6.07) is 16.0. The van der Waals surface area contributed by atoms with Crippen molar-refractivity contribution in [1.82, 2.24) is 5.32 Å². The van der Waals surface area contributed by atoms with Crippen LogP contribution in [-0.2, 0) is 0 Å². The molecule has 0 saturated carbocycles. The predicted molar refractivity (Wildman–Crippen MR) is 99.7 cm³/mol. The van der Waals surface area contributed by atoms with Crippen molar-refractivity contribution >= 4 is 17.4 Å². The second kappa shape index (κ2) is 7.39. The molecule has 2 amide bonds. The number of carbonyl (C=O) groups is 1. The second-order valence-electron chi connectivity index (χ2n) is 6.57. The first-order valence-corrected chi connectivity index (χ1v) is 8.54. The first kappa shape index (κ1) is 16.4. The fourth-order valence-corrected chi connectivity index (χ4v) is 3.09. The lowest BCUT2D eigenvalue weighted by atomic mass is 10.1. The van der Waals surface area contributed by atoms with Crippen LogP contribution in [0, 0.1) is 19.8 Å². The first-order valence-electron chi connectivity index (χ1n) is 8.54. The van der Waals surface area contributed by atoms with E-state index in [0.717, 1.165) is 25.2 Å². The zero-order valence-electron chi connectivity index (χ0n) is 14.4. The number of benzene rings is 2. The molecule has 1 aliphatic rings. The Morgan fingerprint density at radius 3 is 2.67 bits per heavy atom. The molecule has 0 spiro atoms. The minimum absolute atomic E-state index is 0.133. The van der Waals surface area contributed by atoms with Gasteiger partial charge in [-0.15, -0.1) is 0 Å². The number of amides is 2. The summed E-state index contributed by atoms with van der Waals surface area (Å²) in [5, 5.41) is 5.85. The van der Waals surface area contributed by atoms with Gasteiger partial charge in [-0.25, -0.2) is 4.79 Å². The second-order valence-corrected chi connectivity index (χ2v) is 6.57. The first-order chi connectivity index (χ1) is 11.6. The third kappa shape index (κ3) is 4.07. The van der Waals surface area contributed by atoms with Crippen molar-refractivity contribution in [3.05, 3.63) is 59.7 Å². The number of nitrogens with one attached hydrogen (secondary N) is 2. The highest BCUT2D eigenvalue weighted by Crippen LogP contribution is 2.25. The van der Waals surface area contributed by atoms with E-state index < -0.39 is 0 Å². The molecule has 0 aliphatic carbocycles. The van der Waals surface area contributed by atoms with Crippen molar-refractivity contribution < 1.29 is 4.79 Å². The van der Waals surface area contributed by atoms with Gasteiger partial charge >= 0.3 is 6.03 Å². The van der Waals surface area contributed by atoms with Gasteiger partial charge in [0.1, 0.15) is 0 Å². The normalized spacial score (nSPS) is 16.9. The Bertz CT molecular complexity index is 699. The lowest BCUT2D eigenvalue weighted by molar-refractivity contribution is 0.250. The molecule has 1 aliphatic heterocycles. The van der Waals surface area contributed by atoms with Gasteiger partial charge in [-0.05, 0) is 61.6 Å². The summed E-state index contributed by atoms with van der Waals surface area (Å²) < 4.78 is 0. The fourth-order valence-electron chi connectivity index (χ4n) is 3.09. The van der Waals surface area contributed by atoms with Crippen molar-refractivity contribution in [2.24, 2.45) is 5.92 Å². The number of anilines is 2. The molecule has 1 saturated heterocycles. The minimum Gasteiger partial charge on any atom is -0.371 e. The predicted octanol–water partition coefficient (Wildman–Crippen LogP) is 3.95. The third-order valence-corrected chi connectivity index (χ3v) is 4.72. The molecule has 0 bridgehead atoms. The van der Waals surface area contributed by atoms with Gasteiger partial charge in [0.05, 0.1) is 0 Å². The van der Waals surface area contributed by atoms with Crippen molar-refractivity contribution in [3.63, 3.8) is 0 Å². The van der Waals surface area contributed by atoms with Gasteiger partial charge in [0.15, 0.2) is 0 Å². The van der Waals surface area contributed by atoms with Crippen molar-refractivity contribution in [2.45, 2.75) is 20.3 Å². The summed E-state index contributed by atoms with van der Waals surface area (Å²) >= 11 is 0. The third-order valence-electron chi connectivity index (χ3n) is 4.72. The zero-order valence-corrected chi connectivity index (χ0v) is 14.4. The van der Waals surface area contributed by atoms with E-state index in [2.05, 4.69) is 47.6 Å². The Morgan fingerprint density at radius 2 is 1.92 bits per heavy atom. The van der Waals surface area contributed by atoms with Crippen LogP contribution in [0.5, 0.6) is 0 Å². The quantitative estimate of drug-likeness (QED) is 0.895. The van der Waals surface area contributed by atoms with Gasteiger partial charge in [0.2, 0.25) is 0 Å². The lowest BCUT2D eigenvalue weighted by Crippen LogP contribution is -2.34. The van der Waals surface area contributed by atoms with E-state index in [4.69, 9.17) is 0 Å². The van der Waals surface area contributed by atoms with Crippen LogP contribution in [0.1, 0.15) is 17.5 Å². The van der Waals surface area contributed by atoms with Gasteiger partial charge in [0, 0.05) is 31.0 Å². The summed E-state index contributed by atoms with van der Waals surface area (Å²) in [6.45, 7) is 7.05. The van der Waals surface area contributed by atoms with Crippen LogP contribution in [0.25, 0.3) is 0 Å². The van der Waals surface area contributed by atoms with E-state index in [9.17, 15) is 4.79 Å². The fraction of sp³-hybridized carbons (Fsp3) is 0.350. The highest BCUT2D eigenvalue weighted by Gasteiger charge is 2.23. The molecule has 126 valence electrons. The summed E-state index contributed by atoms with van der Waals surface area (Å²) in [5.74, 6) is 0.494. The standard InChI is InChI=1S/C20H25N3O/c1-15-8-9-19(12-16(15)2)23-11-10-17(14-23)13-21-20(24)22-18-6-4-3-5-7-18/h3-9,12,17H,10-11,13-14H2,1-2H3,(H2,21,22,24). The van der Waals surface area contributed by atoms with E-state index >= 15 is 0 Å². The topological polar surface area (TPSA) is 44.4 Å². The van der Waals surface area contributed by atoms with Crippen molar-refractivity contribution in [2.75, 3.05) is 29.9 Å². The van der Waals surface area contributed by atoms with E-state index in [-0.39, 0.29) is 6.03 Å². The van der Waals surface area contributed by atoms with Gasteiger partial charge in [-0.2, -0.15) is 0 Å². The van der Waals surface area contributed by atoms with E-state index in [1.165, 1.54) is 16.8 Å². The smallest absolute Gasteiger partial charge is 0.319 e. The molecule has 4 nitrogen and oxygen atoms in total. The van der Waals surface area contributed by atoms with Gasteiger partial charge in [-0.1, -0.05) is 24.3 Å². The van der Waals surface area contributed by atoms with E-state index in [1.807, 2.05) is 30.3 Å². The Morgan fingerprint density at radius 1 is 1.12 bits per heavy atom. The number of carbonyl (C=O) groups excluding carboxylic acids is 1. The number of hydrogen-bond donors (Lipinski definition) is 2. The summed E-state index contributed by atoms with van der Waals surface area (Å²) in [7, 11) is 0. The number of para-hydroxylation sites is 1. The van der Waals surface area contributed by atoms with Gasteiger partial charge in [0.25, 0.3) is 0 Å². The number of rotatable bonds is 4. The molecule has 2 aromatic carbocycles. The maximum absolute atomic E-state index is 12.0. The number of hydrogen-bond acceptors (Lipinski definition) is 2. The van der Waals surface area contributed by atoms with Gasteiger partial charge in [-0.3, -0.25) is 0 Å². The van der Waals surface area contributed by atoms with Crippen LogP contribution in [0.3, 0.4) is 0 Å². The Labute approximate surface area is 143 Å². The average molecular weight is 323 g/mol. The van der Waals surface area contributed by atoms with E-state index in [0.29, 0.717) is 12.5 Å². The van der Waals surface area contributed by atoms with Crippen LogP contribution in [0.4, 0.5) is 16.2 Å². The number of aryl methyl sites for hydroxylation is 2. The largest absolute Gasteiger partial charge is 0.371 e. The molecular formula is C20H25N3O. The van der Waals surface area contributed by atoms with Crippen LogP contribution in [0.2, 0.25) is 0 Å². The molecule has 0 aromatic heterocycles. The van der Waals surface area contributed by atoms with Crippen molar-refractivity contribution in [1.29, 1.82) is 0 Å². The zero-order chi connectivity index (χ0) is 16.9. The molecule has 24 heavy (non-hydrogen) atoms. The highest BCUT2D eigenvalue weighted by atomic mass is 16.2. The Kier molecular flexibility index (Phi) is 5.04. The van der Waals surface area contributed by atoms with E-state index in [1.54, 1.807) is 0 Å². The molecule has 0 radical (unpaired) electrons. The Hall–Kier alpha value is -2.49. The molecule has 1 heterocycles. The Balaban J connectivity index is 1.47. The molecule has 4 heteroatoms. The number of nitrogens with zero attached hydrogens (tertiary/aromatic N) is 1. The summed E-state index contributed by atoms with van der Waals surface area (Å²) in [6.07, 6.45) is 1.11. The van der Waals surface area contributed by atoms with Gasteiger partial charge < -0.3 is 15.5 Å². The average Bonchev–Trinajstić information content (AvgIpc) is 3.05. The molecular weight excluding hydrogens is 298 g/mol. The SMILES string of the molecule is Cc1ccc(N2CCC(CNC(=O)Nc3ccccc3)C2)cc1C. The molecule has 1 unspecified atom stereocenters. The number of urea groups is 1. The highest BCUT2D eigenvalue weighted by molar-refractivity contribution is 5.89. The van der Waals surface area contributed by atoms with Crippen molar-refractivity contribution in [3.8, 4) is 0 Å². The summed E-state index contributed by atoms with van der Waals surface area (Å²) in [5.41, 5.74) is 4.76. The molecule has 1 fully saturated rings. The maximum atomic E-state index is 12.0. The molecule has 3 rings (SSSR count). The van der Waals surface area contributed by atoms with Crippen LogP contribution >= 0.6 is 0 Å². The monoisotopic (exact) mass is 323 g/mol. The molecule has 2 N–H and O–H groups in total. The minimum atomic E-state index is -0.133. The maximum Gasteiger partial charge on any atom is 0.319 e. The molecule has 1 atom stereocenters. The van der Waals surface area contributed by atoms with Crippen LogP contribution in [-0.4, -0.2) is 25.7 Å². The molecule has 2 aromatic rings. The lowest BCUT2D eigenvalue weighted by Gasteiger charge is -2.20. The van der Waals surface area contributed by atoms with Crippen LogP contribution < -0.4 is 15.5 Å². The van der Waals surface area contributed by atoms with Crippen LogP contribution in [0.15, 0.2) is 48.5 Å².